The molecule has 1 saturated heterocycles. The van der Waals surface area contributed by atoms with Gasteiger partial charge in [-0.15, -0.1) is 0 Å². The van der Waals surface area contributed by atoms with Gasteiger partial charge < -0.3 is 25.2 Å². The van der Waals surface area contributed by atoms with Crippen LogP contribution >= 0.6 is 0 Å². The summed E-state index contributed by atoms with van der Waals surface area (Å²) in [5.74, 6) is -1.56. The molecule has 1 heterocycles. The summed E-state index contributed by atoms with van der Waals surface area (Å²) in [6.45, 7) is 4.65. The number of nitrogens with one attached hydrogen (secondary N) is 2. The number of alkyl carbamates (subject to hydrolysis) is 1. The summed E-state index contributed by atoms with van der Waals surface area (Å²) in [4.78, 5) is 36.4. The summed E-state index contributed by atoms with van der Waals surface area (Å²) >= 11 is 0. The van der Waals surface area contributed by atoms with Crippen LogP contribution in [0.25, 0.3) is 11.1 Å². The zero-order valence-electron chi connectivity index (χ0n) is 20.0. The number of carbonyl (C=O) groups excluding carboxylic acids is 2. The lowest BCUT2D eigenvalue weighted by molar-refractivity contribution is -0.149. The van der Waals surface area contributed by atoms with E-state index in [4.69, 9.17) is 9.47 Å². The standard InChI is InChI=1S/C27H32N2O6/c1-16(2)23(13-24(30)28-14-17-11-12-34-25(17)26(31)32)29-27(33)35-15-22-20-9-5-3-7-18(20)19-8-4-6-10-21(19)22/h3-10,16-17,22-23,25H,11-15H2,1-2H3,(H,28,30)(H,29,33)(H,31,32)/t17-,23+,25-/m1/s1. The average Bonchev–Trinajstić information content (AvgIpc) is 3.44. The molecule has 35 heavy (non-hydrogen) atoms. The van der Waals surface area contributed by atoms with Gasteiger partial charge in [0.1, 0.15) is 6.61 Å². The van der Waals surface area contributed by atoms with Crippen molar-refractivity contribution in [2.75, 3.05) is 19.8 Å². The monoisotopic (exact) mass is 480 g/mol. The highest BCUT2D eigenvalue weighted by atomic mass is 16.5. The average molecular weight is 481 g/mol. The molecule has 2 amide bonds. The van der Waals surface area contributed by atoms with Gasteiger partial charge in [0.15, 0.2) is 6.10 Å². The van der Waals surface area contributed by atoms with Gasteiger partial charge >= 0.3 is 12.1 Å². The van der Waals surface area contributed by atoms with E-state index in [1.165, 1.54) is 0 Å². The molecule has 186 valence electrons. The molecule has 0 radical (unpaired) electrons. The minimum absolute atomic E-state index is 0.00261. The normalized spacial score (nSPS) is 19.6. The van der Waals surface area contributed by atoms with Gasteiger partial charge in [-0.2, -0.15) is 0 Å². The third kappa shape index (κ3) is 5.65. The van der Waals surface area contributed by atoms with Crippen molar-refractivity contribution in [2.24, 2.45) is 11.8 Å². The number of fused-ring (bicyclic) bond motifs is 3. The molecular weight excluding hydrogens is 448 g/mol. The van der Waals surface area contributed by atoms with E-state index in [1.54, 1.807) is 0 Å². The van der Waals surface area contributed by atoms with Gasteiger partial charge in [-0.1, -0.05) is 62.4 Å². The zero-order valence-corrected chi connectivity index (χ0v) is 20.0. The summed E-state index contributed by atoms with van der Waals surface area (Å²) in [6.07, 6.45) is -0.792. The second kappa shape index (κ2) is 10.9. The highest BCUT2D eigenvalue weighted by molar-refractivity contribution is 5.80. The van der Waals surface area contributed by atoms with Crippen LogP contribution in [0.2, 0.25) is 0 Å². The number of hydrogen-bond donors (Lipinski definition) is 3. The van der Waals surface area contributed by atoms with Crippen molar-refractivity contribution in [3.63, 3.8) is 0 Å². The first-order valence-electron chi connectivity index (χ1n) is 12.1. The lowest BCUT2D eigenvalue weighted by Gasteiger charge is -2.23. The first kappa shape index (κ1) is 24.7. The Labute approximate surface area is 205 Å². The van der Waals surface area contributed by atoms with Gasteiger partial charge in [0.05, 0.1) is 0 Å². The molecule has 0 aromatic heterocycles. The molecule has 1 aliphatic heterocycles. The van der Waals surface area contributed by atoms with Crippen molar-refractivity contribution in [2.45, 2.75) is 44.8 Å². The van der Waals surface area contributed by atoms with E-state index in [-0.39, 0.29) is 43.2 Å². The van der Waals surface area contributed by atoms with E-state index in [9.17, 15) is 19.5 Å². The van der Waals surface area contributed by atoms with Crippen LogP contribution in [0.1, 0.15) is 43.7 Å². The van der Waals surface area contributed by atoms with Gasteiger partial charge in [-0.3, -0.25) is 4.79 Å². The second-order valence-electron chi connectivity index (χ2n) is 9.51. The van der Waals surface area contributed by atoms with Crippen LogP contribution in [0.3, 0.4) is 0 Å². The quantitative estimate of drug-likeness (QED) is 0.506. The fourth-order valence-corrected chi connectivity index (χ4v) is 4.88. The van der Waals surface area contributed by atoms with E-state index in [1.807, 2.05) is 38.1 Å². The largest absolute Gasteiger partial charge is 0.479 e. The Morgan fingerprint density at radius 1 is 1.06 bits per heavy atom. The molecule has 2 aromatic carbocycles. The Morgan fingerprint density at radius 3 is 2.29 bits per heavy atom. The summed E-state index contributed by atoms with van der Waals surface area (Å²) in [5, 5.41) is 14.8. The molecule has 0 unspecified atom stereocenters. The van der Waals surface area contributed by atoms with E-state index in [2.05, 4.69) is 34.9 Å². The Balaban J connectivity index is 1.30. The van der Waals surface area contributed by atoms with Crippen molar-refractivity contribution in [3.8, 4) is 11.1 Å². The van der Waals surface area contributed by atoms with E-state index >= 15 is 0 Å². The van der Waals surface area contributed by atoms with Crippen molar-refractivity contribution >= 4 is 18.0 Å². The van der Waals surface area contributed by atoms with Crippen LogP contribution in [0, 0.1) is 11.8 Å². The predicted molar refractivity (Wildman–Crippen MR) is 130 cm³/mol. The van der Waals surface area contributed by atoms with Gasteiger partial charge in [-0.25, -0.2) is 9.59 Å². The lowest BCUT2D eigenvalue weighted by atomic mass is 9.98. The fraction of sp³-hybridized carbons (Fsp3) is 0.444. The van der Waals surface area contributed by atoms with Crippen molar-refractivity contribution in [1.29, 1.82) is 0 Å². The third-order valence-corrected chi connectivity index (χ3v) is 6.88. The maximum absolute atomic E-state index is 12.7. The molecule has 2 aliphatic rings. The predicted octanol–water partition coefficient (Wildman–Crippen LogP) is 3.55. The first-order chi connectivity index (χ1) is 16.8. The first-order valence-corrected chi connectivity index (χ1v) is 12.1. The number of carbonyl (C=O) groups is 3. The van der Waals surface area contributed by atoms with Crippen LogP contribution in [0.15, 0.2) is 48.5 Å². The molecule has 8 nitrogen and oxygen atoms in total. The number of aliphatic carboxylic acids is 1. The lowest BCUT2D eigenvalue weighted by Crippen LogP contribution is -2.44. The minimum atomic E-state index is -1.02. The Bertz CT molecular complexity index is 1040. The molecule has 1 fully saturated rings. The number of hydrogen-bond acceptors (Lipinski definition) is 5. The number of carboxylic acids is 1. The van der Waals surface area contributed by atoms with Crippen molar-refractivity contribution < 1.29 is 29.0 Å². The Kier molecular flexibility index (Phi) is 7.70. The zero-order chi connectivity index (χ0) is 24.9. The number of carboxylic acid groups (broad SMARTS) is 1. The molecule has 0 saturated carbocycles. The maximum Gasteiger partial charge on any atom is 0.407 e. The molecule has 4 rings (SSSR count). The van der Waals surface area contributed by atoms with Crippen molar-refractivity contribution in [1.82, 2.24) is 10.6 Å². The SMILES string of the molecule is CC(C)[C@H](CC(=O)NC[C@H]1CCO[C@H]1C(=O)O)NC(=O)OCC1c2ccccc2-c2ccccc21. The highest BCUT2D eigenvalue weighted by Crippen LogP contribution is 2.44. The van der Waals surface area contributed by atoms with Gasteiger partial charge in [-0.05, 0) is 34.6 Å². The van der Waals surface area contributed by atoms with Crippen LogP contribution < -0.4 is 10.6 Å². The molecule has 8 heteroatoms. The Morgan fingerprint density at radius 2 is 1.69 bits per heavy atom. The summed E-state index contributed by atoms with van der Waals surface area (Å²) in [6, 6.07) is 15.9. The molecule has 0 bridgehead atoms. The molecule has 3 N–H and O–H groups in total. The van der Waals surface area contributed by atoms with E-state index in [0.717, 1.165) is 22.3 Å². The second-order valence-corrected chi connectivity index (χ2v) is 9.51. The number of rotatable bonds is 9. The smallest absolute Gasteiger partial charge is 0.407 e. The highest BCUT2D eigenvalue weighted by Gasteiger charge is 2.34. The van der Waals surface area contributed by atoms with E-state index < -0.39 is 24.2 Å². The summed E-state index contributed by atoms with van der Waals surface area (Å²) < 4.78 is 10.8. The van der Waals surface area contributed by atoms with Crippen LogP contribution in [0.4, 0.5) is 4.79 Å². The summed E-state index contributed by atoms with van der Waals surface area (Å²) in [5.41, 5.74) is 4.59. The van der Waals surface area contributed by atoms with E-state index in [0.29, 0.717) is 13.0 Å². The molecule has 3 atom stereocenters. The minimum Gasteiger partial charge on any atom is -0.479 e. The fourth-order valence-electron chi connectivity index (χ4n) is 4.88. The van der Waals surface area contributed by atoms with Crippen LogP contribution in [-0.4, -0.2) is 55.0 Å². The van der Waals surface area contributed by atoms with Crippen LogP contribution in [-0.2, 0) is 19.1 Å². The Hall–Kier alpha value is -3.39. The molecule has 1 aliphatic carbocycles. The summed E-state index contributed by atoms with van der Waals surface area (Å²) in [7, 11) is 0. The molecule has 0 spiro atoms. The topological polar surface area (TPSA) is 114 Å². The van der Waals surface area contributed by atoms with Gasteiger partial charge in [0.25, 0.3) is 0 Å². The molecule has 2 aromatic rings. The van der Waals surface area contributed by atoms with Gasteiger partial charge in [0.2, 0.25) is 5.91 Å². The third-order valence-electron chi connectivity index (χ3n) is 6.88. The van der Waals surface area contributed by atoms with Gasteiger partial charge in [0, 0.05) is 37.5 Å². The molecular formula is C27H32N2O6. The maximum atomic E-state index is 12.7. The van der Waals surface area contributed by atoms with Crippen LogP contribution in [0.5, 0.6) is 0 Å². The van der Waals surface area contributed by atoms with Crippen molar-refractivity contribution in [3.05, 3.63) is 59.7 Å². The number of amides is 2. The number of benzene rings is 2. The number of ether oxygens (including phenoxy) is 2.